The zero-order valence-electron chi connectivity index (χ0n) is 26.2. The molecule has 0 saturated heterocycles. The summed E-state index contributed by atoms with van der Waals surface area (Å²) in [6.45, 7) is 5.77. The molecule has 1 atom stereocenters. The van der Waals surface area contributed by atoms with Crippen LogP contribution in [-0.2, 0) is 9.53 Å². The van der Waals surface area contributed by atoms with Gasteiger partial charge >= 0.3 is 12.1 Å². The van der Waals surface area contributed by atoms with E-state index in [4.69, 9.17) is 4.74 Å². The number of aryl methyl sites for hydroxylation is 1. The van der Waals surface area contributed by atoms with Gasteiger partial charge in [0.05, 0.1) is 5.92 Å². The van der Waals surface area contributed by atoms with E-state index in [0.717, 1.165) is 42.0 Å². The standard InChI is InChI=1S/C37H53F3O2/c1-4-5-6-7-8-9-10-11-12-13-14-15-16-17-18-19-23-26-35(37(38,39)40)42-36(41)31(3)33-27-28-34(30(2)29-33)32-24-21-20-22-25-32/h20-22,24-29,31H,4-19,23H2,1-3H3/b35-26+. The van der Waals surface area contributed by atoms with E-state index in [1.54, 1.807) is 13.0 Å². The van der Waals surface area contributed by atoms with Gasteiger partial charge < -0.3 is 4.74 Å². The SMILES string of the molecule is CCCCCCCCCCCCCCCCCC/C=C(/OC(=O)C(C)c1ccc(-c2ccccc2)c(C)c1)C(F)(F)F. The summed E-state index contributed by atoms with van der Waals surface area (Å²) >= 11 is 0. The van der Waals surface area contributed by atoms with Crippen molar-refractivity contribution in [2.45, 2.75) is 142 Å². The van der Waals surface area contributed by atoms with Crippen molar-refractivity contribution < 1.29 is 22.7 Å². The molecule has 2 nitrogen and oxygen atoms in total. The molecular formula is C37H53F3O2. The average Bonchev–Trinajstić information content (AvgIpc) is 2.97. The third kappa shape index (κ3) is 14.1. The Morgan fingerprint density at radius 3 is 1.74 bits per heavy atom. The molecular weight excluding hydrogens is 533 g/mol. The highest BCUT2D eigenvalue weighted by molar-refractivity contribution is 5.79. The Morgan fingerprint density at radius 1 is 0.762 bits per heavy atom. The fraction of sp³-hybridized carbons (Fsp3) is 0.595. The van der Waals surface area contributed by atoms with Gasteiger partial charge in [-0.05, 0) is 55.0 Å². The molecule has 0 aliphatic rings. The molecule has 0 fully saturated rings. The van der Waals surface area contributed by atoms with Gasteiger partial charge in [0.1, 0.15) is 0 Å². The lowest BCUT2D eigenvalue weighted by Crippen LogP contribution is -2.21. The van der Waals surface area contributed by atoms with Crippen LogP contribution in [0.2, 0.25) is 0 Å². The van der Waals surface area contributed by atoms with Crippen LogP contribution in [0.1, 0.15) is 140 Å². The van der Waals surface area contributed by atoms with Crippen LogP contribution < -0.4 is 0 Å². The highest BCUT2D eigenvalue weighted by Gasteiger charge is 2.38. The Balaban J connectivity index is 1.66. The molecule has 42 heavy (non-hydrogen) atoms. The molecule has 0 aliphatic carbocycles. The number of rotatable bonds is 21. The Kier molecular flexibility index (Phi) is 17.3. The van der Waals surface area contributed by atoms with Crippen LogP contribution in [0.4, 0.5) is 13.2 Å². The van der Waals surface area contributed by atoms with E-state index in [2.05, 4.69) is 6.92 Å². The van der Waals surface area contributed by atoms with Gasteiger partial charge in [-0.25, -0.2) is 0 Å². The van der Waals surface area contributed by atoms with Crippen LogP contribution in [0.25, 0.3) is 11.1 Å². The normalized spacial score (nSPS) is 12.9. The first kappa shape index (κ1) is 35.6. The Morgan fingerprint density at radius 2 is 1.26 bits per heavy atom. The van der Waals surface area contributed by atoms with E-state index < -0.39 is 23.8 Å². The quantitative estimate of drug-likeness (QED) is 0.0826. The monoisotopic (exact) mass is 586 g/mol. The summed E-state index contributed by atoms with van der Waals surface area (Å²) < 4.78 is 45.8. The van der Waals surface area contributed by atoms with Gasteiger partial charge in [0.25, 0.3) is 0 Å². The van der Waals surface area contributed by atoms with Crippen LogP contribution in [0.15, 0.2) is 60.4 Å². The van der Waals surface area contributed by atoms with E-state index >= 15 is 0 Å². The fourth-order valence-electron chi connectivity index (χ4n) is 5.37. The maximum atomic E-state index is 13.6. The van der Waals surface area contributed by atoms with Crippen LogP contribution in [0.3, 0.4) is 0 Å². The molecule has 0 heterocycles. The number of alkyl halides is 3. The van der Waals surface area contributed by atoms with Crippen molar-refractivity contribution in [1.82, 2.24) is 0 Å². The van der Waals surface area contributed by atoms with Gasteiger partial charge in [-0.2, -0.15) is 13.2 Å². The number of hydrogen-bond acceptors (Lipinski definition) is 2. The van der Waals surface area contributed by atoms with Crippen LogP contribution in [0, 0.1) is 6.92 Å². The van der Waals surface area contributed by atoms with Gasteiger partial charge in [0.15, 0.2) is 0 Å². The lowest BCUT2D eigenvalue weighted by molar-refractivity contribution is -0.161. The molecule has 0 spiro atoms. The number of carbonyl (C=O) groups excluding carboxylic acids is 1. The van der Waals surface area contributed by atoms with E-state index in [9.17, 15) is 18.0 Å². The lowest BCUT2D eigenvalue weighted by Gasteiger charge is -2.17. The number of hydrogen-bond donors (Lipinski definition) is 0. The van der Waals surface area contributed by atoms with Crippen molar-refractivity contribution in [2.75, 3.05) is 0 Å². The zero-order valence-corrected chi connectivity index (χ0v) is 26.2. The molecule has 0 radical (unpaired) electrons. The predicted octanol–water partition coefficient (Wildman–Crippen LogP) is 12.4. The molecule has 2 rings (SSSR count). The number of allylic oxidation sites excluding steroid dienone is 2. The van der Waals surface area contributed by atoms with E-state index in [1.165, 1.54) is 77.0 Å². The van der Waals surface area contributed by atoms with E-state index in [1.807, 2.05) is 49.4 Å². The first-order chi connectivity index (χ1) is 20.2. The molecule has 0 bridgehead atoms. The number of ether oxygens (including phenoxy) is 1. The Hall–Kier alpha value is -2.56. The number of esters is 1. The summed E-state index contributed by atoms with van der Waals surface area (Å²) in [5.41, 5.74) is 3.66. The van der Waals surface area contributed by atoms with Gasteiger partial charge in [-0.3, -0.25) is 4.79 Å². The average molecular weight is 587 g/mol. The van der Waals surface area contributed by atoms with Gasteiger partial charge in [0.2, 0.25) is 5.76 Å². The van der Waals surface area contributed by atoms with Gasteiger partial charge in [-0.1, -0.05) is 152 Å². The second-order valence-corrected chi connectivity index (χ2v) is 11.7. The van der Waals surface area contributed by atoms with Crippen molar-refractivity contribution in [3.05, 3.63) is 71.5 Å². The Bertz CT molecular complexity index is 1040. The molecule has 5 heteroatoms. The topological polar surface area (TPSA) is 26.3 Å². The molecule has 0 aromatic heterocycles. The molecule has 234 valence electrons. The number of unbranched alkanes of at least 4 members (excludes halogenated alkanes) is 16. The molecule has 0 N–H and O–H groups in total. The van der Waals surface area contributed by atoms with E-state index in [-0.39, 0.29) is 6.42 Å². The molecule has 0 amide bonds. The number of benzene rings is 2. The second-order valence-electron chi connectivity index (χ2n) is 11.7. The van der Waals surface area contributed by atoms with Crippen molar-refractivity contribution >= 4 is 5.97 Å². The summed E-state index contributed by atoms with van der Waals surface area (Å²) in [7, 11) is 0. The minimum Gasteiger partial charge on any atom is -0.421 e. The largest absolute Gasteiger partial charge is 0.449 e. The number of halogens is 3. The highest BCUT2D eigenvalue weighted by Crippen LogP contribution is 2.31. The Labute approximate surface area is 253 Å². The summed E-state index contributed by atoms with van der Waals surface area (Å²) in [5, 5.41) is 0. The summed E-state index contributed by atoms with van der Waals surface area (Å²) in [6.07, 6.45) is 16.2. The van der Waals surface area contributed by atoms with Crippen molar-refractivity contribution in [2.24, 2.45) is 0 Å². The van der Waals surface area contributed by atoms with Crippen LogP contribution in [-0.4, -0.2) is 12.1 Å². The smallest absolute Gasteiger partial charge is 0.421 e. The summed E-state index contributed by atoms with van der Waals surface area (Å²) in [4.78, 5) is 12.7. The molecule has 0 saturated carbocycles. The molecule has 2 aromatic rings. The maximum Gasteiger partial charge on any atom is 0.449 e. The fourth-order valence-corrected chi connectivity index (χ4v) is 5.37. The summed E-state index contributed by atoms with van der Waals surface area (Å²) in [5.74, 6) is -2.90. The first-order valence-electron chi connectivity index (χ1n) is 16.4. The van der Waals surface area contributed by atoms with Crippen molar-refractivity contribution in [1.29, 1.82) is 0 Å². The predicted molar refractivity (Wildman–Crippen MR) is 169 cm³/mol. The van der Waals surface area contributed by atoms with Crippen LogP contribution >= 0.6 is 0 Å². The summed E-state index contributed by atoms with van der Waals surface area (Å²) in [6, 6.07) is 15.4. The minimum absolute atomic E-state index is 0.250. The zero-order chi connectivity index (χ0) is 30.6. The molecule has 1 unspecified atom stereocenters. The number of carbonyl (C=O) groups is 1. The van der Waals surface area contributed by atoms with Crippen molar-refractivity contribution in [3.8, 4) is 11.1 Å². The first-order valence-corrected chi connectivity index (χ1v) is 16.4. The molecule has 2 aromatic carbocycles. The van der Waals surface area contributed by atoms with Crippen LogP contribution in [0.5, 0.6) is 0 Å². The van der Waals surface area contributed by atoms with Crippen molar-refractivity contribution in [3.63, 3.8) is 0 Å². The van der Waals surface area contributed by atoms with Gasteiger partial charge in [-0.15, -0.1) is 0 Å². The van der Waals surface area contributed by atoms with Gasteiger partial charge in [0, 0.05) is 0 Å². The van der Waals surface area contributed by atoms with E-state index in [0.29, 0.717) is 12.0 Å². The molecule has 0 aliphatic heterocycles. The highest BCUT2D eigenvalue weighted by atomic mass is 19.4. The lowest BCUT2D eigenvalue weighted by atomic mass is 9.94. The third-order valence-corrected chi connectivity index (χ3v) is 8.07. The second kappa shape index (κ2) is 20.4. The maximum absolute atomic E-state index is 13.6. The minimum atomic E-state index is -4.70. The third-order valence-electron chi connectivity index (χ3n) is 8.07.